The highest BCUT2D eigenvalue weighted by atomic mass is 19.2. The summed E-state index contributed by atoms with van der Waals surface area (Å²) in [6.45, 7) is 8.49. The van der Waals surface area contributed by atoms with Gasteiger partial charge in [0.05, 0.1) is 12.2 Å². The van der Waals surface area contributed by atoms with Gasteiger partial charge in [0, 0.05) is 45.9 Å². The number of hydrogen-bond acceptors (Lipinski definition) is 4. The van der Waals surface area contributed by atoms with Crippen LogP contribution in [0.2, 0.25) is 0 Å². The van der Waals surface area contributed by atoms with E-state index in [2.05, 4.69) is 13.0 Å². The molecule has 4 aromatic rings. The van der Waals surface area contributed by atoms with Gasteiger partial charge in [-0.3, -0.25) is 0 Å². The highest BCUT2D eigenvalue weighted by molar-refractivity contribution is 5.98. The molecule has 2 atom stereocenters. The van der Waals surface area contributed by atoms with E-state index in [1.165, 1.54) is 12.1 Å². The molecule has 0 spiro atoms. The van der Waals surface area contributed by atoms with Crippen LogP contribution in [0.1, 0.15) is 55.7 Å². The number of aromatic nitrogens is 2. The first kappa shape index (κ1) is 24.6. The first-order valence-electron chi connectivity index (χ1n) is 12.6. The number of aliphatic carboxylic acids is 1. The van der Waals surface area contributed by atoms with Crippen LogP contribution in [-0.2, 0) is 21.5 Å². The van der Waals surface area contributed by atoms with Crippen molar-refractivity contribution >= 4 is 17.0 Å². The van der Waals surface area contributed by atoms with Crippen LogP contribution in [0.25, 0.3) is 22.2 Å². The summed E-state index contributed by atoms with van der Waals surface area (Å²) in [5, 5.41) is 11.1. The molecule has 2 aliphatic heterocycles. The molecule has 6 nitrogen and oxygen atoms in total. The summed E-state index contributed by atoms with van der Waals surface area (Å²) < 4.78 is 41.7. The highest BCUT2D eigenvalue weighted by Gasteiger charge is 2.45. The van der Waals surface area contributed by atoms with E-state index in [1.807, 2.05) is 42.8 Å². The first-order chi connectivity index (χ1) is 18.0. The molecule has 196 valence electrons. The number of fused-ring (bicyclic) bond motifs is 5. The Bertz CT molecular complexity index is 1630. The third kappa shape index (κ3) is 3.86. The highest BCUT2D eigenvalue weighted by Crippen LogP contribution is 2.49. The minimum atomic E-state index is -1.24. The van der Waals surface area contributed by atoms with Crippen molar-refractivity contribution in [2.24, 2.45) is 0 Å². The molecule has 1 N–H and O–H groups in total. The molecule has 1 unspecified atom stereocenters. The Balaban J connectivity index is 1.62. The van der Waals surface area contributed by atoms with Gasteiger partial charge in [0.25, 0.3) is 0 Å². The molecular formula is C30H28F2N2O4. The number of benzene rings is 2. The summed E-state index contributed by atoms with van der Waals surface area (Å²) in [6, 6.07) is 11.7. The topological polar surface area (TPSA) is 73.6 Å². The second-order valence-corrected chi connectivity index (χ2v) is 11.2. The molecule has 8 heteroatoms. The van der Waals surface area contributed by atoms with Crippen LogP contribution in [-0.4, -0.2) is 32.8 Å². The van der Waals surface area contributed by atoms with Crippen molar-refractivity contribution in [1.29, 1.82) is 0 Å². The van der Waals surface area contributed by atoms with E-state index in [0.29, 0.717) is 35.5 Å². The predicted molar refractivity (Wildman–Crippen MR) is 138 cm³/mol. The summed E-state index contributed by atoms with van der Waals surface area (Å²) in [5.74, 6) is -2.08. The maximum absolute atomic E-state index is 13.9. The lowest BCUT2D eigenvalue weighted by Gasteiger charge is -2.37. The Labute approximate surface area is 218 Å². The SMILES string of the molecule is Cc1nc2c(ccn2Cc2ccc(F)c(F)c2)c2c1[C@@H](C(=O)O)OC(C)(C)CC1(C)COc3ccc-2cc31. The summed E-state index contributed by atoms with van der Waals surface area (Å²) in [7, 11) is 0. The maximum atomic E-state index is 13.9. The monoisotopic (exact) mass is 518 g/mol. The number of hydrogen-bond donors (Lipinski definition) is 1. The fourth-order valence-electron chi connectivity index (χ4n) is 6.20. The second-order valence-electron chi connectivity index (χ2n) is 11.2. The Hall–Kier alpha value is -3.78. The molecule has 2 aromatic carbocycles. The van der Waals surface area contributed by atoms with Gasteiger partial charge in [0.2, 0.25) is 0 Å². The number of rotatable bonds is 3. The number of carboxylic acids is 1. The number of pyridine rings is 1. The number of ether oxygens (including phenoxy) is 2. The lowest BCUT2D eigenvalue weighted by Crippen LogP contribution is -2.39. The van der Waals surface area contributed by atoms with Gasteiger partial charge < -0.3 is 19.1 Å². The standard InChI is InChI=1S/C30H28F2N2O4/c1-16-24-25(19-9-10-34(27(19)33-16)13-17-5-7-21(31)22(32)11-17)18-6-8-23-20(12-18)30(4,15-37-23)14-29(2,3)38-26(24)28(35)36/h5-12,26H,13-15H2,1-4H3,(H,35,36)/t26-,30?/m0/s1. The van der Waals surface area contributed by atoms with E-state index in [9.17, 15) is 18.7 Å². The number of nitrogens with zero attached hydrogens (tertiary/aromatic N) is 2. The molecule has 0 fully saturated rings. The first-order valence-corrected chi connectivity index (χ1v) is 12.6. The van der Waals surface area contributed by atoms with Crippen molar-refractivity contribution in [3.8, 4) is 16.9 Å². The van der Waals surface area contributed by atoms with Gasteiger partial charge in [-0.25, -0.2) is 18.6 Å². The van der Waals surface area contributed by atoms with Crippen LogP contribution >= 0.6 is 0 Å². The van der Waals surface area contributed by atoms with E-state index in [-0.39, 0.29) is 12.0 Å². The van der Waals surface area contributed by atoms with Gasteiger partial charge >= 0.3 is 5.97 Å². The van der Waals surface area contributed by atoms with Gasteiger partial charge in [0.1, 0.15) is 11.4 Å². The number of carbonyl (C=O) groups is 1. The molecular weight excluding hydrogens is 490 g/mol. The maximum Gasteiger partial charge on any atom is 0.337 e. The molecule has 4 heterocycles. The van der Waals surface area contributed by atoms with Crippen molar-refractivity contribution in [3.63, 3.8) is 0 Å². The minimum absolute atomic E-state index is 0.272. The van der Waals surface area contributed by atoms with Crippen LogP contribution in [0.4, 0.5) is 8.78 Å². The number of aryl methyl sites for hydroxylation is 1. The van der Waals surface area contributed by atoms with Gasteiger partial charge in [-0.15, -0.1) is 0 Å². The average molecular weight is 519 g/mol. The van der Waals surface area contributed by atoms with Crippen LogP contribution in [0, 0.1) is 18.6 Å². The third-order valence-corrected chi connectivity index (χ3v) is 7.68. The Morgan fingerprint density at radius 2 is 1.92 bits per heavy atom. The van der Waals surface area contributed by atoms with Crippen LogP contribution < -0.4 is 4.74 Å². The van der Waals surface area contributed by atoms with E-state index in [0.717, 1.165) is 33.9 Å². The summed E-state index contributed by atoms with van der Waals surface area (Å²) >= 11 is 0. The van der Waals surface area contributed by atoms with Crippen molar-refractivity contribution in [3.05, 3.63) is 82.7 Å². The molecule has 0 saturated carbocycles. The second kappa shape index (κ2) is 8.36. The molecule has 0 radical (unpaired) electrons. The van der Waals surface area contributed by atoms with Gasteiger partial charge in [-0.05, 0) is 68.7 Å². The predicted octanol–water partition coefficient (Wildman–Crippen LogP) is 6.31. The van der Waals surface area contributed by atoms with E-state index >= 15 is 0 Å². The quantitative estimate of drug-likeness (QED) is 0.344. The zero-order valence-corrected chi connectivity index (χ0v) is 21.6. The summed E-state index contributed by atoms with van der Waals surface area (Å²) in [4.78, 5) is 17.5. The summed E-state index contributed by atoms with van der Waals surface area (Å²) in [5.41, 5.74) is 3.76. The fourth-order valence-corrected chi connectivity index (χ4v) is 6.20. The van der Waals surface area contributed by atoms with Crippen molar-refractivity contribution in [2.45, 2.75) is 57.8 Å². The smallest absolute Gasteiger partial charge is 0.337 e. The molecule has 38 heavy (non-hydrogen) atoms. The average Bonchev–Trinajstić information content (AvgIpc) is 3.38. The van der Waals surface area contributed by atoms with E-state index in [4.69, 9.17) is 14.5 Å². The molecule has 2 aliphatic rings. The van der Waals surface area contributed by atoms with Gasteiger partial charge in [-0.1, -0.05) is 19.1 Å². The molecule has 0 saturated heterocycles. The molecule has 2 bridgehead atoms. The summed E-state index contributed by atoms with van der Waals surface area (Å²) in [6.07, 6.45) is 1.17. The largest absolute Gasteiger partial charge is 0.492 e. The Morgan fingerprint density at radius 1 is 1.13 bits per heavy atom. The minimum Gasteiger partial charge on any atom is -0.492 e. The van der Waals surface area contributed by atoms with Crippen LogP contribution in [0.15, 0.2) is 48.7 Å². The number of carboxylic acid groups (broad SMARTS) is 1. The molecule has 0 amide bonds. The lowest BCUT2D eigenvalue weighted by atomic mass is 9.74. The lowest BCUT2D eigenvalue weighted by molar-refractivity contribution is -0.164. The molecule has 0 aliphatic carbocycles. The van der Waals surface area contributed by atoms with Gasteiger partial charge in [0.15, 0.2) is 17.7 Å². The molecule has 6 rings (SSSR count). The number of halogens is 2. The van der Waals surface area contributed by atoms with Crippen LogP contribution in [0.3, 0.4) is 0 Å². The zero-order valence-electron chi connectivity index (χ0n) is 21.6. The Morgan fingerprint density at radius 3 is 2.66 bits per heavy atom. The van der Waals surface area contributed by atoms with Crippen molar-refractivity contribution in [2.75, 3.05) is 6.61 Å². The van der Waals surface area contributed by atoms with Gasteiger partial charge in [-0.2, -0.15) is 0 Å². The third-order valence-electron chi connectivity index (χ3n) is 7.68. The van der Waals surface area contributed by atoms with E-state index in [1.54, 1.807) is 6.92 Å². The van der Waals surface area contributed by atoms with Crippen molar-refractivity contribution in [1.82, 2.24) is 9.55 Å². The zero-order chi connectivity index (χ0) is 27.0. The Kier molecular flexibility index (Phi) is 5.40. The fraction of sp³-hybridized carbons (Fsp3) is 0.333. The molecule has 2 aromatic heterocycles. The van der Waals surface area contributed by atoms with Crippen molar-refractivity contribution < 1.29 is 28.2 Å². The normalized spacial score (nSPS) is 21.7. The van der Waals surface area contributed by atoms with E-state index < -0.39 is 29.3 Å². The van der Waals surface area contributed by atoms with Crippen LogP contribution in [0.5, 0.6) is 5.75 Å².